The van der Waals surface area contributed by atoms with Gasteiger partial charge in [-0.05, 0) is 32.0 Å². The molecular weight excluding hydrogens is 231 g/mol. The minimum atomic E-state index is -0.207. The third-order valence-electron chi connectivity index (χ3n) is 3.51. The summed E-state index contributed by atoms with van der Waals surface area (Å²) in [4.78, 5) is 2.36. The van der Waals surface area contributed by atoms with Crippen molar-refractivity contribution < 1.29 is 9.13 Å². The highest BCUT2D eigenvalue weighted by atomic mass is 19.1. The van der Waals surface area contributed by atoms with Gasteiger partial charge < -0.3 is 10.1 Å². The van der Waals surface area contributed by atoms with Crippen LogP contribution in [-0.2, 0) is 6.54 Å². The topological polar surface area (TPSA) is 24.5 Å². The summed E-state index contributed by atoms with van der Waals surface area (Å²) >= 11 is 0. The highest BCUT2D eigenvalue weighted by Crippen LogP contribution is 2.22. The van der Waals surface area contributed by atoms with Crippen molar-refractivity contribution in [2.75, 3.05) is 20.2 Å². The molecule has 0 spiro atoms. The van der Waals surface area contributed by atoms with Crippen molar-refractivity contribution in [3.8, 4) is 5.75 Å². The third-order valence-corrected chi connectivity index (χ3v) is 3.51. The molecule has 0 amide bonds. The van der Waals surface area contributed by atoms with Crippen LogP contribution in [0.15, 0.2) is 18.2 Å². The van der Waals surface area contributed by atoms with Crippen LogP contribution in [0.1, 0.15) is 19.4 Å². The first-order valence-corrected chi connectivity index (χ1v) is 6.40. The Hall–Kier alpha value is -1.13. The van der Waals surface area contributed by atoms with Crippen LogP contribution >= 0.6 is 0 Å². The second kappa shape index (κ2) is 5.67. The van der Waals surface area contributed by atoms with Gasteiger partial charge in [-0.25, -0.2) is 4.39 Å². The fourth-order valence-corrected chi connectivity index (χ4v) is 2.41. The van der Waals surface area contributed by atoms with E-state index in [1.54, 1.807) is 19.2 Å². The van der Waals surface area contributed by atoms with Gasteiger partial charge in [0.1, 0.15) is 11.6 Å². The predicted octanol–water partition coefficient (Wildman–Crippen LogP) is 2.02. The lowest BCUT2D eigenvalue weighted by molar-refractivity contribution is 0.137. The van der Waals surface area contributed by atoms with E-state index in [4.69, 9.17) is 4.74 Å². The summed E-state index contributed by atoms with van der Waals surface area (Å²) in [6, 6.07) is 5.63. The summed E-state index contributed by atoms with van der Waals surface area (Å²) in [5, 5.41) is 3.44. The number of ether oxygens (including phenoxy) is 1. The van der Waals surface area contributed by atoms with Crippen molar-refractivity contribution in [3.63, 3.8) is 0 Å². The second-order valence-electron chi connectivity index (χ2n) is 5.04. The fourth-order valence-electron chi connectivity index (χ4n) is 2.41. The van der Waals surface area contributed by atoms with Gasteiger partial charge in [-0.15, -0.1) is 0 Å². The molecule has 0 aromatic heterocycles. The number of hydrogen-bond donors (Lipinski definition) is 1. The number of benzene rings is 1. The van der Waals surface area contributed by atoms with Crippen molar-refractivity contribution in [2.45, 2.75) is 32.5 Å². The molecule has 0 bridgehead atoms. The maximum atomic E-state index is 13.3. The Bertz CT molecular complexity index is 411. The predicted molar refractivity (Wildman–Crippen MR) is 70.3 cm³/mol. The van der Waals surface area contributed by atoms with E-state index >= 15 is 0 Å². The quantitative estimate of drug-likeness (QED) is 0.890. The van der Waals surface area contributed by atoms with E-state index in [1.807, 2.05) is 0 Å². The molecule has 18 heavy (non-hydrogen) atoms. The lowest BCUT2D eigenvalue weighted by atomic mass is 10.1. The normalized spacial score (nSPS) is 25.1. The first-order chi connectivity index (χ1) is 8.60. The zero-order chi connectivity index (χ0) is 13.1. The zero-order valence-electron chi connectivity index (χ0n) is 11.2. The van der Waals surface area contributed by atoms with E-state index in [9.17, 15) is 4.39 Å². The van der Waals surface area contributed by atoms with E-state index in [-0.39, 0.29) is 5.82 Å². The number of halogens is 1. The molecule has 4 heteroatoms. The number of nitrogens with zero attached hydrogens (tertiary/aromatic N) is 1. The maximum Gasteiger partial charge on any atom is 0.123 e. The molecule has 0 saturated carbocycles. The Kier molecular flexibility index (Phi) is 4.19. The zero-order valence-corrected chi connectivity index (χ0v) is 11.2. The lowest BCUT2D eigenvalue weighted by Crippen LogP contribution is -2.53. The molecule has 1 N–H and O–H groups in total. The van der Waals surface area contributed by atoms with Gasteiger partial charge in [-0.2, -0.15) is 0 Å². The molecule has 3 nitrogen and oxygen atoms in total. The number of nitrogens with one attached hydrogen (secondary N) is 1. The molecule has 0 radical (unpaired) electrons. The van der Waals surface area contributed by atoms with Gasteiger partial charge >= 0.3 is 0 Å². The molecule has 1 heterocycles. The summed E-state index contributed by atoms with van der Waals surface area (Å²) in [6.45, 7) is 7.03. The standard InChI is InChI=1S/C14H21FN2O/c1-10-8-17(11(2)7-16-10)9-12-6-13(15)4-5-14(12)18-3/h4-6,10-11,16H,7-9H2,1-3H3. The van der Waals surface area contributed by atoms with Crippen LogP contribution in [0.25, 0.3) is 0 Å². The van der Waals surface area contributed by atoms with Crippen molar-refractivity contribution in [3.05, 3.63) is 29.6 Å². The van der Waals surface area contributed by atoms with Crippen LogP contribution in [0.4, 0.5) is 4.39 Å². The minimum absolute atomic E-state index is 0.207. The van der Waals surface area contributed by atoms with E-state index < -0.39 is 0 Å². The van der Waals surface area contributed by atoms with Gasteiger partial charge in [0, 0.05) is 37.3 Å². The summed E-state index contributed by atoms with van der Waals surface area (Å²) in [5.74, 6) is 0.552. The Morgan fingerprint density at radius 2 is 2.22 bits per heavy atom. The summed E-state index contributed by atoms with van der Waals surface area (Å²) in [6.07, 6.45) is 0. The molecule has 1 aliphatic rings. The highest BCUT2D eigenvalue weighted by Gasteiger charge is 2.23. The van der Waals surface area contributed by atoms with Crippen LogP contribution in [0.3, 0.4) is 0 Å². The molecule has 1 fully saturated rings. The summed E-state index contributed by atoms with van der Waals surface area (Å²) < 4.78 is 18.6. The SMILES string of the molecule is COc1ccc(F)cc1CN1CC(C)NCC1C. The molecule has 1 aliphatic heterocycles. The van der Waals surface area contributed by atoms with Crippen LogP contribution in [0.2, 0.25) is 0 Å². The Balaban J connectivity index is 2.14. The summed E-state index contributed by atoms with van der Waals surface area (Å²) in [5.41, 5.74) is 0.915. The van der Waals surface area contributed by atoms with E-state index in [1.165, 1.54) is 6.07 Å². The molecule has 2 atom stereocenters. The van der Waals surface area contributed by atoms with Crippen molar-refractivity contribution in [1.82, 2.24) is 10.2 Å². The van der Waals surface area contributed by atoms with Gasteiger partial charge in [0.2, 0.25) is 0 Å². The van der Waals surface area contributed by atoms with E-state index in [2.05, 4.69) is 24.1 Å². The Labute approximate surface area is 108 Å². The summed E-state index contributed by atoms with van der Waals surface area (Å²) in [7, 11) is 1.63. The maximum absolute atomic E-state index is 13.3. The molecule has 100 valence electrons. The minimum Gasteiger partial charge on any atom is -0.496 e. The van der Waals surface area contributed by atoms with Gasteiger partial charge in [0.25, 0.3) is 0 Å². The fraction of sp³-hybridized carbons (Fsp3) is 0.571. The van der Waals surface area contributed by atoms with Crippen molar-refractivity contribution in [2.24, 2.45) is 0 Å². The molecule has 2 rings (SSSR count). The molecule has 0 aliphatic carbocycles. The largest absolute Gasteiger partial charge is 0.496 e. The van der Waals surface area contributed by atoms with Gasteiger partial charge in [-0.1, -0.05) is 0 Å². The average Bonchev–Trinajstić information content (AvgIpc) is 2.34. The van der Waals surface area contributed by atoms with Gasteiger partial charge in [0.15, 0.2) is 0 Å². The van der Waals surface area contributed by atoms with E-state index in [0.717, 1.165) is 30.9 Å². The Morgan fingerprint density at radius 1 is 1.44 bits per heavy atom. The van der Waals surface area contributed by atoms with Crippen LogP contribution in [0.5, 0.6) is 5.75 Å². The van der Waals surface area contributed by atoms with Gasteiger partial charge in [0.05, 0.1) is 7.11 Å². The highest BCUT2D eigenvalue weighted by molar-refractivity contribution is 5.34. The number of piperazine rings is 1. The van der Waals surface area contributed by atoms with E-state index in [0.29, 0.717) is 12.1 Å². The monoisotopic (exact) mass is 252 g/mol. The molecule has 2 unspecified atom stereocenters. The second-order valence-corrected chi connectivity index (χ2v) is 5.04. The Morgan fingerprint density at radius 3 is 2.94 bits per heavy atom. The molecule has 1 saturated heterocycles. The van der Waals surface area contributed by atoms with Crippen LogP contribution in [0, 0.1) is 5.82 Å². The number of hydrogen-bond acceptors (Lipinski definition) is 3. The van der Waals surface area contributed by atoms with Crippen LogP contribution < -0.4 is 10.1 Å². The molecule has 1 aromatic rings. The van der Waals surface area contributed by atoms with Crippen LogP contribution in [-0.4, -0.2) is 37.2 Å². The first-order valence-electron chi connectivity index (χ1n) is 6.40. The van der Waals surface area contributed by atoms with Crippen molar-refractivity contribution in [1.29, 1.82) is 0 Å². The average molecular weight is 252 g/mol. The lowest BCUT2D eigenvalue weighted by Gasteiger charge is -2.37. The van der Waals surface area contributed by atoms with Gasteiger partial charge in [-0.3, -0.25) is 4.90 Å². The molecule has 1 aromatic carbocycles. The number of methoxy groups -OCH3 is 1. The first kappa shape index (κ1) is 13.3. The third kappa shape index (κ3) is 3.00. The molecular formula is C14H21FN2O. The van der Waals surface area contributed by atoms with Crippen molar-refractivity contribution >= 4 is 0 Å². The smallest absolute Gasteiger partial charge is 0.123 e. The number of rotatable bonds is 3.